The lowest BCUT2D eigenvalue weighted by Crippen LogP contribution is -2.43. The summed E-state index contributed by atoms with van der Waals surface area (Å²) in [6.45, 7) is 6.69. The highest BCUT2D eigenvalue weighted by Gasteiger charge is 2.49. The van der Waals surface area contributed by atoms with Gasteiger partial charge in [0.05, 0.1) is 25.1 Å². The number of carbonyl (C=O) groups is 1. The molecule has 0 bridgehead atoms. The van der Waals surface area contributed by atoms with Crippen molar-refractivity contribution in [2.24, 2.45) is 5.92 Å². The summed E-state index contributed by atoms with van der Waals surface area (Å²) in [4.78, 5) is 17.4. The van der Waals surface area contributed by atoms with Gasteiger partial charge in [0.2, 0.25) is 0 Å². The first kappa shape index (κ1) is 14.5. The normalized spacial score (nSPS) is 32.3. The Morgan fingerprint density at radius 2 is 2.00 bits per heavy atom. The topological polar surface area (TPSA) is 48.0 Å². The summed E-state index contributed by atoms with van der Waals surface area (Å²) >= 11 is 0. The van der Waals surface area contributed by atoms with Crippen LogP contribution in [-0.4, -0.2) is 35.6 Å². The largest absolute Gasteiger partial charge is 0.367 e. The molecule has 3 atom stereocenters. The van der Waals surface area contributed by atoms with Gasteiger partial charge in [-0.15, -0.1) is 5.06 Å². The Morgan fingerprint density at radius 1 is 1.29 bits per heavy atom. The van der Waals surface area contributed by atoms with Crippen molar-refractivity contribution in [2.75, 3.05) is 6.61 Å². The molecule has 5 nitrogen and oxygen atoms in total. The molecule has 0 unspecified atom stereocenters. The minimum absolute atomic E-state index is 0.125. The van der Waals surface area contributed by atoms with Crippen molar-refractivity contribution in [1.29, 1.82) is 0 Å². The van der Waals surface area contributed by atoms with Crippen molar-refractivity contribution in [3.63, 3.8) is 0 Å². The smallest absolute Gasteiger partial charge is 0.329 e. The molecule has 2 heterocycles. The van der Waals surface area contributed by atoms with Crippen LogP contribution in [-0.2, 0) is 25.7 Å². The Labute approximate surface area is 124 Å². The molecule has 2 fully saturated rings. The second-order valence-electron chi connectivity index (χ2n) is 6.12. The Kier molecular flexibility index (Phi) is 3.73. The van der Waals surface area contributed by atoms with Crippen LogP contribution in [0.25, 0.3) is 0 Å². The van der Waals surface area contributed by atoms with E-state index in [9.17, 15) is 4.79 Å². The van der Waals surface area contributed by atoms with Gasteiger partial charge in [0, 0.05) is 0 Å². The number of carbonyl (C=O) groups excluding carboxylic acids is 1. The Morgan fingerprint density at radius 3 is 2.62 bits per heavy atom. The molecule has 5 heteroatoms. The first-order valence-corrected chi connectivity index (χ1v) is 7.30. The highest BCUT2D eigenvalue weighted by atomic mass is 16.8. The summed E-state index contributed by atoms with van der Waals surface area (Å²) in [7, 11) is 0. The maximum Gasteiger partial charge on any atom is 0.329 e. The zero-order valence-corrected chi connectivity index (χ0v) is 12.6. The number of hydroxylamine groups is 2. The third kappa shape index (κ3) is 2.95. The second-order valence-corrected chi connectivity index (χ2v) is 6.12. The summed E-state index contributed by atoms with van der Waals surface area (Å²) in [6.07, 6.45) is -0.162. The van der Waals surface area contributed by atoms with E-state index in [1.54, 1.807) is 5.06 Å². The van der Waals surface area contributed by atoms with Crippen LogP contribution in [0.3, 0.4) is 0 Å². The number of nitrogens with zero attached hydrogens (tertiary/aromatic N) is 1. The van der Waals surface area contributed by atoms with Gasteiger partial charge in [-0.3, -0.25) is 0 Å². The number of benzene rings is 1. The SMILES string of the molecule is C[C@H]1C(=O)ON(Cc2ccccc2)[C@H]1[C@H]1COC(C)(C)O1. The Bertz CT molecular complexity index is 516. The average Bonchev–Trinajstić information content (AvgIpc) is 2.92. The van der Waals surface area contributed by atoms with Gasteiger partial charge in [-0.1, -0.05) is 37.3 Å². The van der Waals surface area contributed by atoms with Crippen molar-refractivity contribution in [3.05, 3.63) is 35.9 Å². The maximum absolute atomic E-state index is 11.9. The van der Waals surface area contributed by atoms with E-state index >= 15 is 0 Å². The van der Waals surface area contributed by atoms with E-state index in [1.165, 1.54) is 0 Å². The van der Waals surface area contributed by atoms with Gasteiger partial charge >= 0.3 is 5.97 Å². The van der Waals surface area contributed by atoms with Crippen LogP contribution in [0, 0.1) is 5.92 Å². The molecule has 3 rings (SSSR count). The fourth-order valence-electron chi connectivity index (χ4n) is 2.94. The minimum atomic E-state index is -0.603. The number of hydrogen-bond donors (Lipinski definition) is 0. The van der Waals surface area contributed by atoms with E-state index in [4.69, 9.17) is 14.3 Å². The molecule has 0 N–H and O–H groups in total. The molecule has 0 aliphatic carbocycles. The van der Waals surface area contributed by atoms with Crippen molar-refractivity contribution >= 4 is 5.97 Å². The third-order valence-corrected chi connectivity index (χ3v) is 4.02. The molecule has 1 aromatic rings. The van der Waals surface area contributed by atoms with Gasteiger partial charge in [0.15, 0.2) is 5.79 Å². The van der Waals surface area contributed by atoms with E-state index in [0.29, 0.717) is 13.2 Å². The first-order chi connectivity index (χ1) is 9.96. The molecule has 1 aromatic carbocycles. The second kappa shape index (κ2) is 5.40. The monoisotopic (exact) mass is 291 g/mol. The molecule has 2 saturated heterocycles. The molecule has 0 aromatic heterocycles. The van der Waals surface area contributed by atoms with E-state index in [0.717, 1.165) is 5.56 Å². The van der Waals surface area contributed by atoms with Gasteiger partial charge in [-0.2, -0.15) is 0 Å². The van der Waals surface area contributed by atoms with Gasteiger partial charge < -0.3 is 14.3 Å². The van der Waals surface area contributed by atoms with Crippen LogP contribution in [0.4, 0.5) is 0 Å². The summed E-state index contributed by atoms with van der Waals surface area (Å²) in [5.74, 6) is -1.03. The van der Waals surface area contributed by atoms with Crippen LogP contribution in [0.15, 0.2) is 30.3 Å². The van der Waals surface area contributed by atoms with Crippen molar-refractivity contribution < 1.29 is 19.1 Å². The van der Waals surface area contributed by atoms with Gasteiger partial charge in [0.1, 0.15) is 6.10 Å². The molecular weight excluding hydrogens is 270 g/mol. The summed E-state index contributed by atoms with van der Waals surface area (Å²) < 4.78 is 11.6. The molecule has 2 aliphatic rings. The van der Waals surface area contributed by atoms with E-state index in [1.807, 2.05) is 51.1 Å². The highest BCUT2D eigenvalue weighted by molar-refractivity contribution is 5.74. The van der Waals surface area contributed by atoms with E-state index < -0.39 is 5.79 Å². The third-order valence-electron chi connectivity index (χ3n) is 4.02. The minimum Gasteiger partial charge on any atom is -0.367 e. The number of rotatable bonds is 3. The lowest BCUT2D eigenvalue weighted by atomic mass is 9.97. The molecule has 0 amide bonds. The molecule has 2 aliphatic heterocycles. The number of ether oxygens (including phenoxy) is 2. The number of hydrogen-bond acceptors (Lipinski definition) is 5. The summed E-state index contributed by atoms with van der Waals surface area (Å²) in [6, 6.07) is 9.83. The summed E-state index contributed by atoms with van der Waals surface area (Å²) in [5.41, 5.74) is 1.10. The standard InChI is InChI=1S/C16H21NO4/c1-11-14(13-10-19-16(2,3)20-13)17(21-15(11)18)9-12-7-5-4-6-8-12/h4-8,11,13-14H,9-10H2,1-3H3/t11-,13-,14-/m1/s1. The molecular formula is C16H21NO4. The van der Waals surface area contributed by atoms with Crippen LogP contribution >= 0.6 is 0 Å². The molecule has 21 heavy (non-hydrogen) atoms. The zero-order valence-electron chi connectivity index (χ0n) is 12.6. The first-order valence-electron chi connectivity index (χ1n) is 7.30. The molecule has 114 valence electrons. The van der Waals surface area contributed by atoms with Crippen molar-refractivity contribution in [3.8, 4) is 0 Å². The van der Waals surface area contributed by atoms with Crippen molar-refractivity contribution in [2.45, 2.75) is 45.2 Å². The van der Waals surface area contributed by atoms with Gasteiger partial charge in [-0.05, 0) is 19.4 Å². The van der Waals surface area contributed by atoms with Crippen LogP contribution in [0.1, 0.15) is 26.3 Å². The fraction of sp³-hybridized carbons (Fsp3) is 0.562. The molecule has 0 saturated carbocycles. The van der Waals surface area contributed by atoms with E-state index in [2.05, 4.69) is 0 Å². The predicted molar refractivity (Wildman–Crippen MR) is 75.9 cm³/mol. The van der Waals surface area contributed by atoms with Crippen molar-refractivity contribution in [1.82, 2.24) is 5.06 Å². The van der Waals surface area contributed by atoms with E-state index in [-0.39, 0.29) is 24.0 Å². The predicted octanol–water partition coefficient (Wildman–Crippen LogP) is 2.12. The van der Waals surface area contributed by atoms with Gasteiger partial charge in [-0.25, -0.2) is 4.79 Å². The fourth-order valence-corrected chi connectivity index (χ4v) is 2.94. The quantitative estimate of drug-likeness (QED) is 0.853. The lowest BCUT2D eigenvalue weighted by Gasteiger charge is -2.27. The molecule has 0 spiro atoms. The summed E-state index contributed by atoms with van der Waals surface area (Å²) in [5, 5.41) is 1.73. The van der Waals surface area contributed by atoms with Crippen LogP contribution < -0.4 is 0 Å². The Balaban J connectivity index is 1.77. The zero-order chi connectivity index (χ0) is 15.0. The Hall–Kier alpha value is -1.43. The van der Waals surface area contributed by atoms with Crippen LogP contribution in [0.5, 0.6) is 0 Å². The van der Waals surface area contributed by atoms with Crippen LogP contribution in [0.2, 0.25) is 0 Å². The lowest BCUT2D eigenvalue weighted by molar-refractivity contribution is -0.191. The maximum atomic E-state index is 11.9. The molecule has 0 radical (unpaired) electrons. The highest BCUT2D eigenvalue weighted by Crippen LogP contribution is 2.34. The van der Waals surface area contributed by atoms with Gasteiger partial charge in [0.25, 0.3) is 0 Å². The average molecular weight is 291 g/mol.